The molecule has 1 atom stereocenters. The van der Waals surface area contributed by atoms with Crippen molar-refractivity contribution >= 4 is 0 Å². The van der Waals surface area contributed by atoms with Crippen LogP contribution in [0.25, 0.3) is 0 Å². The molecule has 0 bridgehead atoms. The number of methoxy groups -OCH3 is 1. The Morgan fingerprint density at radius 2 is 2.06 bits per heavy atom. The van der Waals surface area contributed by atoms with Crippen LogP contribution in [-0.4, -0.2) is 36.1 Å². The van der Waals surface area contributed by atoms with Crippen LogP contribution in [0.5, 0.6) is 0 Å². The standard InChI is InChI=1S/C13H25N3O/c1-6-13-10(3)15-16(11(13)4)8-12(9-17-5)14-7-2/h12,14H,6-9H2,1-5H3. The summed E-state index contributed by atoms with van der Waals surface area (Å²) in [5.41, 5.74) is 3.80. The van der Waals surface area contributed by atoms with Gasteiger partial charge in [0.15, 0.2) is 0 Å². The summed E-state index contributed by atoms with van der Waals surface area (Å²) in [6.45, 7) is 11.1. The first-order chi connectivity index (χ1) is 8.13. The van der Waals surface area contributed by atoms with E-state index >= 15 is 0 Å². The SMILES string of the molecule is CCNC(COC)Cn1nc(C)c(CC)c1C. The van der Waals surface area contributed by atoms with Crippen molar-refractivity contribution in [1.82, 2.24) is 15.1 Å². The lowest BCUT2D eigenvalue weighted by Crippen LogP contribution is -2.37. The number of nitrogens with one attached hydrogen (secondary N) is 1. The molecule has 98 valence electrons. The highest BCUT2D eigenvalue weighted by atomic mass is 16.5. The number of ether oxygens (including phenoxy) is 1. The molecule has 0 fully saturated rings. The number of aryl methyl sites for hydroxylation is 1. The fourth-order valence-corrected chi connectivity index (χ4v) is 2.30. The Morgan fingerprint density at radius 3 is 2.53 bits per heavy atom. The van der Waals surface area contributed by atoms with Gasteiger partial charge in [-0.05, 0) is 32.4 Å². The molecule has 4 nitrogen and oxygen atoms in total. The van der Waals surface area contributed by atoms with Gasteiger partial charge in [0.25, 0.3) is 0 Å². The van der Waals surface area contributed by atoms with Gasteiger partial charge in [0.2, 0.25) is 0 Å². The van der Waals surface area contributed by atoms with Crippen molar-refractivity contribution in [3.8, 4) is 0 Å². The Balaban J connectivity index is 2.78. The fourth-order valence-electron chi connectivity index (χ4n) is 2.30. The second-order valence-electron chi connectivity index (χ2n) is 4.39. The number of nitrogens with zero attached hydrogens (tertiary/aromatic N) is 2. The first kappa shape index (κ1) is 14.2. The molecule has 1 heterocycles. The van der Waals surface area contributed by atoms with Gasteiger partial charge in [0, 0.05) is 12.8 Å². The van der Waals surface area contributed by atoms with Crippen molar-refractivity contribution < 1.29 is 4.74 Å². The summed E-state index contributed by atoms with van der Waals surface area (Å²) in [4.78, 5) is 0. The largest absolute Gasteiger partial charge is 0.383 e. The van der Waals surface area contributed by atoms with Crippen molar-refractivity contribution in [2.45, 2.75) is 46.7 Å². The van der Waals surface area contributed by atoms with Crippen LogP contribution in [0.3, 0.4) is 0 Å². The Kier molecular flexibility index (Phi) is 5.65. The van der Waals surface area contributed by atoms with Gasteiger partial charge < -0.3 is 10.1 Å². The fraction of sp³-hybridized carbons (Fsp3) is 0.769. The maximum absolute atomic E-state index is 5.23. The summed E-state index contributed by atoms with van der Waals surface area (Å²) >= 11 is 0. The molecule has 0 spiro atoms. The molecule has 4 heteroatoms. The average Bonchev–Trinajstić information content (AvgIpc) is 2.54. The third-order valence-corrected chi connectivity index (χ3v) is 3.14. The summed E-state index contributed by atoms with van der Waals surface area (Å²) < 4.78 is 7.33. The number of hydrogen-bond acceptors (Lipinski definition) is 3. The molecule has 0 aromatic carbocycles. The van der Waals surface area contributed by atoms with Crippen LogP contribution in [0.1, 0.15) is 30.8 Å². The van der Waals surface area contributed by atoms with E-state index < -0.39 is 0 Å². The van der Waals surface area contributed by atoms with E-state index in [1.807, 2.05) is 0 Å². The van der Waals surface area contributed by atoms with Crippen LogP contribution in [-0.2, 0) is 17.7 Å². The van der Waals surface area contributed by atoms with E-state index in [1.54, 1.807) is 7.11 Å². The lowest BCUT2D eigenvalue weighted by atomic mass is 10.1. The van der Waals surface area contributed by atoms with Gasteiger partial charge in [-0.25, -0.2) is 0 Å². The highest BCUT2D eigenvalue weighted by Crippen LogP contribution is 2.13. The third-order valence-electron chi connectivity index (χ3n) is 3.14. The smallest absolute Gasteiger partial charge is 0.0633 e. The van der Waals surface area contributed by atoms with Crippen LogP contribution < -0.4 is 5.32 Å². The predicted octanol–water partition coefficient (Wildman–Crippen LogP) is 1.69. The van der Waals surface area contributed by atoms with Crippen LogP contribution >= 0.6 is 0 Å². The van der Waals surface area contributed by atoms with E-state index in [2.05, 4.69) is 42.8 Å². The van der Waals surface area contributed by atoms with Crippen LogP contribution in [0.4, 0.5) is 0 Å². The zero-order valence-electron chi connectivity index (χ0n) is 11.7. The number of rotatable bonds is 7. The predicted molar refractivity (Wildman–Crippen MR) is 70.4 cm³/mol. The number of likely N-dealkylation sites (N-methyl/N-ethyl adjacent to an activating group) is 1. The zero-order valence-corrected chi connectivity index (χ0v) is 11.7. The molecule has 1 N–H and O–H groups in total. The molecule has 1 rings (SSSR count). The van der Waals surface area contributed by atoms with E-state index in [0.717, 1.165) is 25.2 Å². The molecule has 0 amide bonds. The lowest BCUT2D eigenvalue weighted by Gasteiger charge is -2.17. The lowest BCUT2D eigenvalue weighted by molar-refractivity contribution is 0.157. The summed E-state index contributed by atoms with van der Waals surface area (Å²) in [5.74, 6) is 0. The monoisotopic (exact) mass is 239 g/mol. The van der Waals surface area contributed by atoms with Crippen LogP contribution in [0.15, 0.2) is 0 Å². The van der Waals surface area contributed by atoms with Crippen LogP contribution in [0.2, 0.25) is 0 Å². The van der Waals surface area contributed by atoms with E-state index in [0.29, 0.717) is 12.6 Å². The average molecular weight is 239 g/mol. The molecule has 0 aliphatic heterocycles. The van der Waals surface area contributed by atoms with Gasteiger partial charge in [0.1, 0.15) is 0 Å². The van der Waals surface area contributed by atoms with Gasteiger partial charge in [-0.15, -0.1) is 0 Å². The Labute approximate surface area is 104 Å². The maximum atomic E-state index is 5.23. The van der Waals surface area contributed by atoms with Crippen molar-refractivity contribution in [3.63, 3.8) is 0 Å². The second-order valence-corrected chi connectivity index (χ2v) is 4.39. The number of aromatic nitrogens is 2. The topological polar surface area (TPSA) is 39.1 Å². The Bertz CT molecular complexity index is 341. The second kappa shape index (κ2) is 6.77. The minimum Gasteiger partial charge on any atom is -0.383 e. The van der Waals surface area contributed by atoms with Gasteiger partial charge in [-0.1, -0.05) is 13.8 Å². The van der Waals surface area contributed by atoms with E-state index in [1.165, 1.54) is 11.3 Å². The summed E-state index contributed by atoms with van der Waals surface area (Å²) in [5, 5.41) is 8.03. The van der Waals surface area contributed by atoms with Gasteiger partial charge in [-0.3, -0.25) is 4.68 Å². The minimum absolute atomic E-state index is 0.327. The molecular weight excluding hydrogens is 214 g/mol. The highest BCUT2D eigenvalue weighted by Gasteiger charge is 2.13. The molecular formula is C13H25N3O. The molecule has 1 aromatic heterocycles. The zero-order chi connectivity index (χ0) is 12.8. The third kappa shape index (κ3) is 3.54. The molecule has 0 saturated carbocycles. The van der Waals surface area contributed by atoms with E-state index in [-0.39, 0.29) is 0 Å². The molecule has 0 radical (unpaired) electrons. The van der Waals surface area contributed by atoms with Crippen molar-refractivity contribution in [1.29, 1.82) is 0 Å². The van der Waals surface area contributed by atoms with Crippen molar-refractivity contribution in [2.24, 2.45) is 0 Å². The molecule has 1 unspecified atom stereocenters. The summed E-state index contributed by atoms with van der Waals surface area (Å²) in [6.07, 6.45) is 1.05. The quantitative estimate of drug-likeness (QED) is 0.787. The Hall–Kier alpha value is -0.870. The van der Waals surface area contributed by atoms with Crippen molar-refractivity contribution in [3.05, 3.63) is 17.0 Å². The van der Waals surface area contributed by atoms with E-state index in [9.17, 15) is 0 Å². The molecule has 17 heavy (non-hydrogen) atoms. The Morgan fingerprint density at radius 1 is 1.35 bits per heavy atom. The minimum atomic E-state index is 0.327. The normalized spacial score (nSPS) is 13.0. The van der Waals surface area contributed by atoms with Crippen molar-refractivity contribution in [2.75, 3.05) is 20.3 Å². The van der Waals surface area contributed by atoms with Gasteiger partial charge >= 0.3 is 0 Å². The molecule has 1 aromatic rings. The molecule has 0 saturated heterocycles. The summed E-state index contributed by atoms with van der Waals surface area (Å²) in [7, 11) is 1.74. The van der Waals surface area contributed by atoms with E-state index in [4.69, 9.17) is 4.74 Å². The first-order valence-corrected chi connectivity index (χ1v) is 6.39. The summed E-state index contributed by atoms with van der Waals surface area (Å²) in [6, 6.07) is 0.327. The molecule has 0 aliphatic rings. The molecule has 0 aliphatic carbocycles. The number of hydrogen-bond donors (Lipinski definition) is 1. The highest BCUT2D eigenvalue weighted by molar-refractivity contribution is 5.24. The van der Waals surface area contributed by atoms with Gasteiger partial charge in [0.05, 0.1) is 24.9 Å². The van der Waals surface area contributed by atoms with Crippen LogP contribution in [0, 0.1) is 13.8 Å². The maximum Gasteiger partial charge on any atom is 0.0633 e. The van der Waals surface area contributed by atoms with Gasteiger partial charge in [-0.2, -0.15) is 5.10 Å². The first-order valence-electron chi connectivity index (χ1n) is 6.39.